The SMILES string of the molecule is Cc1cc(-c2ccc(-c3ccc(C4OCCO4)cc3)cc2)c(C#N)c(=O)[nH]1. The van der Waals surface area contributed by atoms with Crippen molar-refractivity contribution in [3.8, 4) is 28.3 Å². The van der Waals surface area contributed by atoms with Gasteiger partial charge in [0, 0.05) is 16.8 Å². The summed E-state index contributed by atoms with van der Waals surface area (Å²) in [6.45, 7) is 3.06. The molecule has 3 aromatic rings. The number of ether oxygens (including phenoxy) is 2. The van der Waals surface area contributed by atoms with Crippen molar-refractivity contribution < 1.29 is 9.47 Å². The number of nitrogens with one attached hydrogen (secondary N) is 1. The highest BCUT2D eigenvalue weighted by atomic mass is 16.7. The molecule has 27 heavy (non-hydrogen) atoms. The van der Waals surface area contributed by atoms with Crippen molar-refractivity contribution in [2.75, 3.05) is 13.2 Å². The van der Waals surface area contributed by atoms with E-state index in [2.05, 4.69) is 4.98 Å². The smallest absolute Gasteiger partial charge is 0.266 e. The lowest BCUT2D eigenvalue weighted by molar-refractivity contribution is -0.0441. The van der Waals surface area contributed by atoms with Crippen molar-refractivity contribution in [3.63, 3.8) is 0 Å². The number of H-pyrrole nitrogens is 1. The Hall–Kier alpha value is -3.20. The molecule has 0 amide bonds. The number of nitrogens with zero attached hydrogens (tertiary/aromatic N) is 1. The van der Waals surface area contributed by atoms with E-state index in [0.29, 0.717) is 18.8 Å². The number of benzene rings is 2. The summed E-state index contributed by atoms with van der Waals surface area (Å²) in [5.41, 5.74) is 5.13. The van der Waals surface area contributed by atoms with Crippen LogP contribution in [-0.4, -0.2) is 18.2 Å². The summed E-state index contributed by atoms with van der Waals surface area (Å²) >= 11 is 0. The van der Waals surface area contributed by atoms with Crippen LogP contribution in [0.3, 0.4) is 0 Å². The Kier molecular flexibility index (Phi) is 4.59. The Morgan fingerprint density at radius 3 is 2.11 bits per heavy atom. The first-order valence-electron chi connectivity index (χ1n) is 8.74. The number of rotatable bonds is 3. The molecule has 0 unspecified atom stereocenters. The number of hydrogen-bond acceptors (Lipinski definition) is 4. The van der Waals surface area contributed by atoms with Gasteiger partial charge in [0.15, 0.2) is 6.29 Å². The maximum atomic E-state index is 12.0. The van der Waals surface area contributed by atoms with Gasteiger partial charge in [-0.15, -0.1) is 0 Å². The minimum absolute atomic E-state index is 0.134. The van der Waals surface area contributed by atoms with Crippen LogP contribution in [0.1, 0.15) is 23.1 Å². The molecule has 1 saturated heterocycles. The van der Waals surface area contributed by atoms with E-state index in [1.807, 2.05) is 60.7 Å². The molecule has 1 aromatic heterocycles. The average Bonchev–Trinajstić information content (AvgIpc) is 3.23. The Morgan fingerprint density at radius 1 is 0.963 bits per heavy atom. The molecule has 0 radical (unpaired) electrons. The second kappa shape index (κ2) is 7.20. The van der Waals surface area contributed by atoms with Gasteiger partial charge in [0.1, 0.15) is 11.6 Å². The monoisotopic (exact) mass is 358 g/mol. The number of aromatic nitrogens is 1. The average molecular weight is 358 g/mol. The molecule has 4 rings (SSSR count). The summed E-state index contributed by atoms with van der Waals surface area (Å²) in [4.78, 5) is 14.7. The molecule has 0 saturated carbocycles. The number of aryl methyl sites for hydroxylation is 1. The summed E-state index contributed by atoms with van der Waals surface area (Å²) in [7, 11) is 0. The third-order valence-electron chi connectivity index (χ3n) is 4.61. The van der Waals surface area contributed by atoms with E-state index in [0.717, 1.165) is 27.9 Å². The highest BCUT2D eigenvalue weighted by Gasteiger charge is 2.18. The van der Waals surface area contributed by atoms with Gasteiger partial charge in [0.05, 0.1) is 13.2 Å². The lowest BCUT2D eigenvalue weighted by Gasteiger charge is -2.11. The predicted octanol–water partition coefficient (Wildman–Crippen LogP) is 3.93. The zero-order chi connectivity index (χ0) is 18.8. The van der Waals surface area contributed by atoms with Gasteiger partial charge in [-0.3, -0.25) is 4.79 Å². The van der Waals surface area contributed by atoms with Gasteiger partial charge >= 0.3 is 0 Å². The Morgan fingerprint density at radius 2 is 1.52 bits per heavy atom. The molecule has 5 nitrogen and oxygen atoms in total. The van der Waals surface area contributed by atoms with E-state index in [1.54, 1.807) is 6.92 Å². The van der Waals surface area contributed by atoms with E-state index in [4.69, 9.17) is 9.47 Å². The molecule has 2 aromatic carbocycles. The van der Waals surface area contributed by atoms with Crippen molar-refractivity contribution in [1.82, 2.24) is 4.98 Å². The van der Waals surface area contributed by atoms with Crippen LogP contribution in [0.5, 0.6) is 0 Å². The maximum absolute atomic E-state index is 12.0. The normalized spacial score (nSPS) is 14.2. The molecular weight excluding hydrogens is 340 g/mol. The van der Waals surface area contributed by atoms with Crippen molar-refractivity contribution in [2.45, 2.75) is 13.2 Å². The number of nitriles is 1. The molecule has 0 atom stereocenters. The van der Waals surface area contributed by atoms with Crippen LogP contribution >= 0.6 is 0 Å². The zero-order valence-corrected chi connectivity index (χ0v) is 14.9. The van der Waals surface area contributed by atoms with Crippen LogP contribution in [-0.2, 0) is 9.47 Å². The van der Waals surface area contributed by atoms with Crippen molar-refractivity contribution in [2.24, 2.45) is 0 Å². The second-order valence-corrected chi connectivity index (χ2v) is 6.45. The van der Waals surface area contributed by atoms with Crippen molar-refractivity contribution in [1.29, 1.82) is 5.26 Å². The van der Waals surface area contributed by atoms with Crippen LogP contribution in [0.4, 0.5) is 0 Å². The number of pyridine rings is 1. The molecule has 0 spiro atoms. The quantitative estimate of drug-likeness (QED) is 0.770. The third kappa shape index (κ3) is 3.41. The van der Waals surface area contributed by atoms with Gasteiger partial charge in [0.25, 0.3) is 5.56 Å². The van der Waals surface area contributed by atoms with Crippen LogP contribution < -0.4 is 5.56 Å². The second-order valence-electron chi connectivity index (χ2n) is 6.45. The van der Waals surface area contributed by atoms with Crippen LogP contribution in [0.15, 0.2) is 59.4 Å². The third-order valence-corrected chi connectivity index (χ3v) is 4.61. The highest BCUT2D eigenvalue weighted by molar-refractivity contribution is 5.74. The Balaban J connectivity index is 1.63. The maximum Gasteiger partial charge on any atom is 0.266 e. The number of aromatic amines is 1. The van der Waals surface area contributed by atoms with Crippen molar-refractivity contribution in [3.05, 3.63) is 81.8 Å². The summed E-state index contributed by atoms with van der Waals surface area (Å²) in [5, 5.41) is 9.31. The summed E-state index contributed by atoms with van der Waals surface area (Å²) in [5.74, 6) is 0. The minimum atomic E-state index is -0.358. The molecule has 1 N–H and O–H groups in total. The first-order chi connectivity index (χ1) is 13.2. The fraction of sp³-hybridized carbons (Fsp3) is 0.182. The Bertz CT molecular complexity index is 1050. The summed E-state index contributed by atoms with van der Waals surface area (Å²) in [6, 6.07) is 19.8. The molecule has 1 aliphatic heterocycles. The van der Waals surface area contributed by atoms with Gasteiger partial charge in [0.2, 0.25) is 0 Å². The first-order valence-corrected chi connectivity index (χ1v) is 8.74. The Labute approximate surface area is 156 Å². The standard InChI is InChI=1S/C22H18N2O3/c1-14-12-19(20(13-23)21(25)24-14)17-6-2-15(3-7-17)16-4-8-18(9-5-16)22-26-10-11-27-22/h2-9,12,22H,10-11H2,1H3,(H,24,25). The lowest BCUT2D eigenvalue weighted by atomic mass is 9.97. The van der Waals surface area contributed by atoms with Gasteiger partial charge in [-0.25, -0.2) is 0 Å². The largest absolute Gasteiger partial charge is 0.346 e. The first kappa shape index (κ1) is 17.2. The molecule has 0 bridgehead atoms. The fourth-order valence-electron chi connectivity index (χ4n) is 3.25. The van der Waals surface area contributed by atoms with E-state index < -0.39 is 0 Å². The van der Waals surface area contributed by atoms with E-state index in [-0.39, 0.29) is 17.4 Å². The van der Waals surface area contributed by atoms with Gasteiger partial charge in [-0.1, -0.05) is 48.5 Å². The zero-order valence-electron chi connectivity index (χ0n) is 14.9. The topological polar surface area (TPSA) is 75.1 Å². The molecule has 1 aliphatic rings. The van der Waals surface area contributed by atoms with E-state index >= 15 is 0 Å². The molecular formula is C22H18N2O3. The fourth-order valence-corrected chi connectivity index (χ4v) is 3.25. The van der Waals surface area contributed by atoms with Crippen molar-refractivity contribution >= 4 is 0 Å². The lowest BCUT2D eigenvalue weighted by Crippen LogP contribution is -2.12. The molecule has 134 valence electrons. The molecule has 1 fully saturated rings. The highest BCUT2D eigenvalue weighted by Crippen LogP contribution is 2.29. The van der Waals surface area contributed by atoms with Gasteiger partial charge in [-0.2, -0.15) is 5.26 Å². The summed E-state index contributed by atoms with van der Waals surface area (Å²) < 4.78 is 11.0. The van der Waals surface area contributed by atoms with Gasteiger partial charge < -0.3 is 14.5 Å². The number of hydrogen-bond donors (Lipinski definition) is 1. The minimum Gasteiger partial charge on any atom is -0.346 e. The van der Waals surface area contributed by atoms with Crippen LogP contribution in [0.25, 0.3) is 22.3 Å². The van der Waals surface area contributed by atoms with E-state index in [1.165, 1.54) is 0 Å². The molecule has 5 heteroatoms. The van der Waals surface area contributed by atoms with Crippen LogP contribution in [0.2, 0.25) is 0 Å². The van der Waals surface area contributed by atoms with E-state index in [9.17, 15) is 10.1 Å². The van der Waals surface area contributed by atoms with Gasteiger partial charge in [-0.05, 0) is 29.7 Å². The molecule has 2 heterocycles. The van der Waals surface area contributed by atoms with Crippen LogP contribution in [0, 0.1) is 18.3 Å². The molecule has 0 aliphatic carbocycles. The predicted molar refractivity (Wildman–Crippen MR) is 102 cm³/mol. The summed E-state index contributed by atoms with van der Waals surface area (Å²) in [6.07, 6.45) is -0.273.